The molecule has 1 aromatic rings. The molecule has 0 amide bonds. The lowest BCUT2D eigenvalue weighted by Gasteiger charge is -2.19. The van der Waals surface area contributed by atoms with Crippen LogP contribution in [0.1, 0.15) is 50.3 Å². The molecule has 0 spiro atoms. The molecule has 0 aromatic carbocycles. The maximum Gasteiger partial charge on any atom is 0.290 e. The molecule has 2 N–H and O–H groups in total. The van der Waals surface area contributed by atoms with E-state index in [0.717, 1.165) is 18.5 Å². The summed E-state index contributed by atoms with van der Waals surface area (Å²) < 4.78 is 8.83. The van der Waals surface area contributed by atoms with Crippen molar-refractivity contribution in [2.45, 2.75) is 51.2 Å². The fraction of sp³-hybridized carbons (Fsp3) is 0.769. The molecule has 18 heavy (non-hydrogen) atoms. The van der Waals surface area contributed by atoms with Crippen LogP contribution < -0.4 is 11.3 Å². The second-order valence-corrected chi connectivity index (χ2v) is 5.11. The number of nitrogens with zero attached hydrogens (tertiary/aromatic N) is 2. The molecule has 1 saturated carbocycles. The third-order valence-corrected chi connectivity index (χ3v) is 3.91. The van der Waals surface area contributed by atoms with Crippen molar-refractivity contribution in [3.63, 3.8) is 0 Å². The summed E-state index contributed by atoms with van der Waals surface area (Å²) >= 11 is 0. The van der Waals surface area contributed by atoms with Crippen molar-refractivity contribution < 1.29 is 4.74 Å². The Balaban J connectivity index is 2.37. The Morgan fingerprint density at radius 3 is 2.44 bits per heavy atom. The molecule has 1 aliphatic carbocycles. The van der Waals surface area contributed by atoms with Gasteiger partial charge < -0.3 is 10.5 Å². The molecule has 0 aliphatic heterocycles. The minimum absolute atomic E-state index is 0.0588. The third kappa shape index (κ3) is 2.32. The highest BCUT2D eigenvalue weighted by Gasteiger charge is 2.22. The summed E-state index contributed by atoms with van der Waals surface area (Å²) in [6.07, 6.45) is 7.09. The summed E-state index contributed by atoms with van der Waals surface area (Å²) in [7, 11) is 3.52. The number of methoxy groups -OCH3 is 1. The quantitative estimate of drug-likeness (QED) is 0.836. The van der Waals surface area contributed by atoms with Crippen LogP contribution in [0, 0.1) is 0 Å². The Labute approximate surface area is 108 Å². The van der Waals surface area contributed by atoms with E-state index in [-0.39, 0.29) is 11.6 Å². The Bertz CT molecular complexity index is 454. The molecule has 5 heteroatoms. The number of nitrogens with two attached hydrogens (primary N) is 1. The first-order valence-electron chi connectivity index (χ1n) is 6.71. The van der Waals surface area contributed by atoms with Crippen molar-refractivity contribution in [3.05, 3.63) is 16.0 Å². The normalized spacial score (nSPS) is 17.9. The zero-order chi connectivity index (χ0) is 13.1. The van der Waals surface area contributed by atoms with Gasteiger partial charge in [0.25, 0.3) is 5.56 Å². The topological polar surface area (TPSA) is 62.2 Å². The predicted octanol–water partition coefficient (Wildman–Crippen LogP) is 1.81. The van der Waals surface area contributed by atoms with Crippen molar-refractivity contribution >= 4 is 5.69 Å². The first-order chi connectivity index (χ1) is 8.66. The Kier molecular flexibility index (Phi) is 4.11. The smallest absolute Gasteiger partial charge is 0.290 e. The van der Waals surface area contributed by atoms with Gasteiger partial charge in [0.2, 0.25) is 0 Å². The Morgan fingerprint density at radius 2 is 1.89 bits per heavy atom. The molecule has 0 radical (unpaired) electrons. The van der Waals surface area contributed by atoms with Crippen LogP contribution in [0.5, 0.6) is 0 Å². The van der Waals surface area contributed by atoms with Gasteiger partial charge in [-0.2, -0.15) is 0 Å². The molecular weight excluding hydrogens is 230 g/mol. The van der Waals surface area contributed by atoms with Gasteiger partial charge in [0.1, 0.15) is 5.69 Å². The van der Waals surface area contributed by atoms with E-state index in [4.69, 9.17) is 10.5 Å². The summed E-state index contributed by atoms with van der Waals surface area (Å²) in [5.74, 6) is 0. The number of rotatable bonds is 3. The number of ether oxygens (including phenoxy) is 1. The van der Waals surface area contributed by atoms with E-state index in [1.807, 2.05) is 16.4 Å². The lowest BCUT2D eigenvalue weighted by atomic mass is 10.1. The Hall–Kier alpha value is -1.23. The molecular formula is C13H23N3O2. The van der Waals surface area contributed by atoms with Crippen LogP contribution in [0.15, 0.2) is 4.79 Å². The van der Waals surface area contributed by atoms with E-state index in [1.54, 1.807) is 7.11 Å². The number of nitrogen functional groups attached to an aromatic ring is 1. The average Bonchev–Trinajstić information content (AvgIpc) is 2.59. The second kappa shape index (κ2) is 5.61. The fourth-order valence-corrected chi connectivity index (χ4v) is 2.91. The molecule has 0 bridgehead atoms. The number of anilines is 1. The van der Waals surface area contributed by atoms with Crippen LogP contribution in [0.25, 0.3) is 0 Å². The van der Waals surface area contributed by atoms with E-state index in [0.29, 0.717) is 12.3 Å². The van der Waals surface area contributed by atoms with E-state index in [2.05, 4.69) is 0 Å². The standard InChI is InChI=1S/C13H23N3O2/c1-15-11(9-18-2)12(14)13(17)16(15)10-7-5-3-4-6-8-10/h10H,3-9,14H2,1-2H3. The number of aromatic nitrogens is 2. The molecule has 1 aromatic heterocycles. The molecule has 0 unspecified atom stereocenters. The van der Waals surface area contributed by atoms with Crippen molar-refractivity contribution in [3.8, 4) is 0 Å². The van der Waals surface area contributed by atoms with Crippen LogP contribution in [0.2, 0.25) is 0 Å². The lowest BCUT2D eigenvalue weighted by Crippen LogP contribution is -2.27. The monoisotopic (exact) mass is 253 g/mol. The van der Waals surface area contributed by atoms with Gasteiger partial charge in [0.15, 0.2) is 0 Å². The van der Waals surface area contributed by atoms with Crippen molar-refractivity contribution in [2.75, 3.05) is 12.8 Å². The SMILES string of the molecule is COCc1c(N)c(=O)n(C2CCCCCC2)n1C. The molecule has 5 nitrogen and oxygen atoms in total. The van der Waals surface area contributed by atoms with Gasteiger partial charge in [-0.1, -0.05) is 25.7 Å². The number of hydrogen-bond donors (Lipinski definition) is 1. The molecule has 0 saturated heterocycles. The predicted molar refractivity (Wildman–Crippen MR) is 71.5 cm³/mol. The summed E-state index contributed by atoms with van der Waals surface area (Å²) in [6.45, 7) is 0.386. The molecule has 1 heterocycles. The second-order valence-electron chi connectivity index (χ2n) is 5.11. The highest BCUT2D eigenvalue weighted by molar-refractivity contribution is 5.41. The van der Waals surface area contributed by atoms with E-state index in [9.17, 15) is 4.79 Å². The van der Waals surface area contributed by atoms with Gasteiger partial charge in [-0.3, -0.25) is 9.48 Å². The minimum Gasteiger partial charge on any atom is -0.393 e. The van der Waals surface area contributed by atoms with E-state index >= 15 is 0 Å². The summed E-state index contributed by atoms with van der Waals surface area (Å²) in [4.78, 5) is 12.3. The number of hydrogen-bond acceptors (Lipinski definition) is 3. The average molecular weight is 253 g/mol. The molecule has 0 atom stereocenters. The maximum atomic E-state index is 12.3. The van der Waals surface area contributed by atoms with Crippen molar-refractivity contribution in [1.29, 1.82) is 0 Å². The van der Waals surface area contributed by atoms with Crippen molar-refractivity contribution in [2.24, 2.45) is 7.05 Å². The van der Waals surface area contributed by atoms with Crippen LogP contribution in [-0.2, 0) is 18.4 Å². The molecule has 1 aliphatic rings. The molecule has 102 valence electrons. The largest absolute Gasteiger partial charge is 0.393 e. The van der Waals surface area contributed by atoms with Crippen LogP contribution in [0.3, 0.4) is 0 Å². The van der Waals surface area contributed by atoms with Crippen LogP contribution >= 0.6 is 0 Å². The Morgan fingerprint density at radius 1 is 1.28 bits per heavy atom. The first-order valence-corrected chi connectivity index (χ1v) is 6.71. The summed E-state index contributed by atoms with van der Waals surface area (Å²) in [5, 5.41) is 0. The maximum absolute atomic E-state index is 12.3. The zero-order valence-electron chi connectivity index (χ0n) is 11.3. The molecule has 2 rings (SSSR count). The summed E-state index contributed by atoms with van der Waals surface area (Å²) in [5.41, 5.74) is 6.96. The first kappa shape index (κ1) is 13.2. The highest BCUT2D eigenvalue weighted by atomic mass is 16.5. The van der Waals surface area contributed by atoms with Crippen molar-refractivity contribution in [1.82, 2.24) is 9.36 Å². The molecule has 1 fully saturated rings. The van der Waals surface area contributed by atoms with Gasteiger partial charge in [-0.15, -0.1) is 0 Å². The minimum atomic E-state index is -0.0588. The lowest BCUT2D eigenvalue weighted by molar-refractivity contribution is 0.175. The van der Waals surface area contributed by atoms with Crippen LogP contribution in [0.4, 0.5) is 5.69 Å². The van der Waals surface area contributed by atoms with Gasteiger partial charge in [-0.05, 0) is 12.8 Å². The zero-order valence-corrected chi connectivity index (χ0v) is 11.3. The summed E-state index contributed by atoms with van der Waals surface area (Å²) in [6, 6.07) is 0.290. The van der Waals surface area contributed by atoms with Gasteiger partial charge in [-0.25, -0.2) is 4.68 Å². The fourth-order valence-electron chi connectivity index (χ4n) is 2.91. The van der Waals surface area contributed by atoms with E-state index < -0.39 is 0 Å². The van der Waals surface area contributed by atoms with Gasteiger partial charge in [0, 0.05) is 14.2 Å². The highest BCUT2D eigenvalue weighted by Crippen LogP contribution is 2.27. The van der Waals surface area contributed by atoms with E-state index in [1.165, 1.54) is 25.7 Å². The van der Waals surface area contributed by atoms with Crippen LogP contribution in [-0.4, -0.2) is 16.5 Å². The van der Waals surface area contributed by atoms with Gasteiger partial charge in [0.05, 0.1) is 18.3 Å². The van der Waals surface area contributed by atoms with Gasteiger partial charge >= 0.3 is 0 Å². The third-order valence-electron chi connectivity index (χ3n) is 3.91.